The second-order valence-corrected chi connectivity index (χ2v) is 9.06. The third kappa shape index (κ3) is 4.77. The highest BCUT2D eigenvalue weighted by molar-refractivity contribution is 5.82. The van der Waals surface area contributed by atoms with E-state index in [1.807, 2.05) is 6.20 Å². The minimum Gasteiger partial charge on any atom is -0.336 e. The van der Waals surface area contributed by atoms with Crippen molar-refractivity contribution >= 4 is 5.91 Å². The number of likely N-dealkylation sites (tertiary alicyclic amines) is 1. The van der Waals surface area contributed by atoms with Crippen LogP contribution in [-0.2, 0) is 11.3 Å². The fourth-order valence-electron chi connectivity index (χ4n) is 4.90. The van der Waals surface area contributed by atoms with E-state index in [2.05, 4.69) is 65.1 Å². The molecule has 3 heterocycles. The monoisotopic (exact) mass is 389 g/mol. The van der Waals surface area contributed by atoms with Crippen LogP contribution in [0.1, 0.15) is 72.2 Å². The van der Waals surface area contributed by atoms with Gasteiger partial charge >= 0.3 is 0 Å². The first-order valence-corrected chi connectivity index (χ1v) is 11.2. The summed E-state index contributed by atoms with van der Waals surface area (Å²) in [5.74, 6) is 1.46. The molecule has 2 aliphatic heterocycles. The summed E-state index contributed by atoms with van der Waals surface area (Å²) in [5, 5.41) is 0. The summed E-state index contributed by atoms with van der Waals surface area (Å²) >= 11 is 0. The third-order valence-electron chi connectivity index (χ3n) is 6.65. The van der Waals surface area contributed by atoms with E-state index in [1.54, 1.807) is 0 Å². The molecule has 3 atom stereocenters. The number of carbonyl (C=O) groups is 1. The topological polar surface area (TPSA) is 44.6 Å². The fraction of sp³-hybridized carbons (Fsp3) is 0.818. The molecule has 2 saturated heterocycles. The lowest BCUT2D eigenvalue weighted by Gasteiger charge is -2.42. The Morgan fingerprint density at radius 2 is 1.79 bits per heavy atom. The molecule has 6 nitrogen and oxygen atoms in total. The van der Waals surface area contributed by atoms with Crippen molar-refractivity contribution in [1.29, 1.82) is 0 Å². The minimum absolute atomic E-state index is 0.0272. The zero-order valence-electron chi connectivity index (χ0n) is 18.5. The van der Waals surface area contributed by atoms with Crippen LogP contribution in [0.5, 0.6) is 0 Å². The van der Waals surface area contributed by atoms with Gasteiger partial charge in [-0.05, 0) is 66.8 Å². The van der Waals surface area contributed by atoms with Crippen LogP contribution in [0.2, 0.25) is 0 Å². The molecule has 0 saturated carbocycles. The number of amides is 1. The van der Waals surface area contributed by atoms with E-state index in [-0.39, 0.29) is 6.04 Å². The predicted octanol–water partition coefficient (Wildman–Crippen LogP) is 3.15. The van der Waals surface area contributed by atoms with Crippen molar-refractivity contribution in [2.45, 2.75) is 91.0 Å². The molecule has 28 heavy (non-hydrogen) atoms. The SMILES string of the molecule is CC(C(=O)N1C(C)CCCC1C)N1CCCN(Cc2nccn2C(C)C)CC1. The van der Waals surface area contributed by atoms with Crippen molar-refractivity contribution in [2.75, 3.05) is 26.2 Å². The Labute approximate surface area is 170 Å². The molecule has 0 bridgehead atoms. The number of hydrogen-bond acceptors (Lipinski definition) is 4. The number of rotatable bonds is 5. The molecule has 1 aromatic rings. The molecule has 3 unspecified atom stereocenters. The summed E-state index contributed by atoms with van der Waals surface area (Å²) in [5.41, 5.74) is 0. The number of hydrogen-bond donors (Lipinski definition) is 0. The molecule has 6 heteroatoms. The molecule has 0 N–H and O–H groups in total. The lowest BCUT2D eigenvalue weighted by Crippen LogP contribution is -2.55. The molecule has 1 aromatic heterocycles. The zero-order chi connectivity index (χ0) is 20.3. The molecule has 2 fully saturated rings. The summed E-state index contributed by atoms with van der Waals surface area (Å²) in [6, 6.07) is 1.15. The Morgan fingerprint density at radius 1 is 1.07 bits per heavy atom. The smallest absolute Gasteiger partial charge is 0.240 e. The van der Waals surface area contributed by atoms with Gasteiger partial charge < -0.3 is 9.47 Å². The molecular weight excluding hydrogens is 350 g/mol. The molecule has 0 radical (unpaired) electrons. The van der Waals surface area contributed by atoms with Crippen LogP contribution < -0.4 is 0 Å². The zero-order valence-corrected chi connectivity index (χ0v) is 18.5. The Bertz CT molecular complexity index is 633. The first kappa shape index (κ1) is 21.3. The van der Waals surface area contributed by atoms with E-state index in [4.69, 9.17) is 0 Å². The Morgan fingerprint density at radius 3 is 2.46 bits per heavy atom. The van der Waals surface area contributed by atoms with Gasteiger partial charge in [0, 0.05) is 50.2 Å². The number of imidazole rings is 1. The van der Waals surface area contributed by atoms with Gasteiger partial charge in [-0.15, -0.1) is 0 Å². The Balaban J connectivity index is 1.58. The van der Waals surface area contributed by atoms with E-state index in [9.17, 15) is 4.79 Å². The van der Waals surface area contributed by atoms with Crippen LogP contribution in [-0.4, -0.2) is 74.5 Å². The number of piperidine rings is 1. The first-order valence-electron chi connectivity index (χ1n) is 11.2. The number of nitrogens with zero attached hydrogens (tertiary/aromatic N) is 5. The summed E-state index contributed by atoms with van der Waals surface area (Å²) in [6.07, 6.45) is 8.60. The molecule has 0 aromatic carbocycles. The first-order chi connectivity index (χ1) is 13.4. The predicted molar refractivity (Wildman–Crippen MR) is 113 cm³/mol. The van der Waals surface area contributed by atoms with Gasteiger partial charge in [0.25, 0.3) is 0 Å². The second kappa shape index (κ2) is 9.40. The van der Waals surface area contributed by atoms with Gasteiger partial charge in [-0.2, -0.15) is 0 Å². The van der Waals surface area contributed by atoms with E-state index < -0.39 is 0 Å². The Kier molecular flexibility index (Phi) is 7.15. The van der Waals surface area contributed by atoms with Crippen molar-refractivity contribution in [3.63, 3.8) is 0 Å². The summed E-state index contributed by atoms with van der Waals surface area (Å²) in [6.45, 7) is 15.8. The molecule has 0 aliphatic carbocycles. The minimum atomic E-state index is -0.0272. The van der Waals surface area contributed by atoms with Gasteiger partial charge in [0.1, 0.15) is 5.82 Å². The maximum Gasteiger partial charge on any atom is 0.240 e. The largest absolute Gasteiger partial charge is 0.336 e. The highest BCUT2D eigenvalue weighted by Crippen LogP contribution is 2.24. The van der Waals surface area contributed by atoms with Crippen molar-refractivity contribution in [1.82, 2.24) is 24.3 Å². The summed E-state index contributed by atoms with van der Waals surface area (Å²) in [7, 11) is 0. The van der Waals surface area contributed by atoms with Gasteiger partial charge in [-0.25, -0.2) is 4.98 Å². The van der Waals surface area contributed by atoms with Crippen LogP contribution in [0, 0.1) is 0 Å². The molecule has 158 valence electrons. The van der Waals surface area contributed by atoms with Gasteiger partial charge in [0.15, 0.2) is 0 Å². The van der Waals surface area contributed by atoms with Crippen LogP contribution in [0.4, 0.5) is 0 Å². The van der Waals surface area contributed by atoms with Crippen LogP contribution >= 0.6 is 0 Å². The second-order valence-electron chi connectivity index (χ2n) is 9.06. The highest BCUT2D eigenvalue weighted by atomic mass is 16.2. The van der Waals surface area contributed by atoms with Crippen molar-refractivity contribution < 1.29 is 4.79 Å². The van der Waals surface area contributed by atoms with E-state index in [0.29, 0.717) is 24.0 Å². The Hall–Kier alpha value is -1.40. The average Bonchev–Trinajstić information content (AvgIpc) is 2.99. The van der Waals surface area contributed by atoms with Gasteiger partial charge in [-0.1, -0.05) is 0 Å². The van der Waals surface area contributed by atoms with Crippen molar-refractivity contribution in [3.05, 3.63) is 18.2 Å². The van der Waals surface area contributed by atoms with Crippen LogP contribution in [0.3, 0.4) is 0 Å². The van der Waals surface area contributed by atoms with Gasteiger partial charge in [-0.3, -0.25) is 14.6 Å². The maximum absolute atomic E-state index is 13.2. The van der Waals surface area contributed by atoms with Crippen LogP contribution in [0.15, 0.2) is 12.4 Å². The maximum atomic E-state index is 13.2. The van der Waals surface area contributed by atoms with Crippen molar-refractivity contribution in [2.24, 2.45) is 0 Å². The standard InChI is InChI=1S/C22H39N5O/c1-17(2)26-13-10-23-21(26)16-24-11-7-12-25(15-14-24)20(5)22(28)27-18(3)8-6-9-19(27)4/h10,13,17-20H,6-9,11-12,14-16H2,1-5H3. The fourth-order valence-corrected chi connectivity index (χ4v) is 4.90. The van der Waals surface area contributed by atoms with Crippen LogP contribution in [0.25, 0.3) is 0 Å². The molecule has 0 spiro atoms. The third-order valence-corrected chi connectivity index (χ3v) is 6.65. The number of aromatic nitrogens is 2. The van der Waals surface area contributed by atoms with E-state index in [1.165, 1.54) is 6.42 Å². The molecular formula is C22H39N5O. The normalized spacial score (nSPS) is 26.4. The van der Waals surface area contributed by atoms with Gasteiger partial charge in [0.2, 0.25) is 5.91 Å². The summed E-state index contributed by atoms with van der Waals surface area (Å²) in [4.78, 5) is 24.9. The van der Waals surface area contributed by atoms with Crippen molar-refractivity contribution in [3.8, 4) is 0 Å². The quantitative estimate of drug-likeness (QED) is 0.776. The van der Waals surface area contributed by atoms with E-state index in [0.717, 1.165) is 57.8 Å². The molecule has 1 amide bonds. The lowest BCUT2D eigenvalue weighted by molar-refractivity contribution is -0.142. The highest BCUT2D eigenvalue weighted by Gasteiger charge is 2.34. The number of carbonyl (C=O) groups excluding carboxylic acids is 1. The molecule has 2 aliphatic rings. The molecule has 3 rings (SSSR count). The van der Waals surface area contributed by atoms with Gasteiger partial charge in [0.05, 0.1) is 12.6 Å². The summed E-state index contributed by atoms with van der Waals surface area (Å²) < 4.78 is 2.26. The lowest BCUT2D eigenvalue weighted by atomic mass is 9.96. The average molecular weight is 390 g/mol. The van der Waals surface area contributed by atoms with E-state index >= 15 is 0 Å².